The van der Waals surface area contributed by atoms with Crippen molar-refractivity contribution in [3.05, 3.63) is 34.9 Å². The molecule has 1 N–H and O–H groups in total. The van der Waals surface area contributed by atoms with Crippen molar-refractivity contribution in [2.45, 2.75) is 37.2 Å². The number of carbonyl (C=O) groups is 1. The SMILES string of the molecule is O=C(NCC1CCCO1)C1(c2ccc(Cl)cc2)CCOCC1. The Morgan fingerprint density at radius 2 is 1.95 bits per heavy atom. The number of halogens is 1. The standard InChI is InChI=1S/C17H22ClNO3/c18-14-5-3-13(4-6-14)17(7-10-21-11-8-17)16(20)19-12-15-2-1-9-22-15/h3-6,15H,1-2,7-12H2,(H,19,20). The van der Waals surface area contributed by atoms with Crippen LogP contribution in [0.4, 0.5) is 0 Å². The quantitative estimate of drug-likeness (QED) is 0.926. The van der Waals surface area contributed by atoms with E-state index in [-0.39, 0.29) is 12.0 Å². The van der Waals surface area contributed by atoms with Crippen LogP contribution in [0.3, 0.4) is 0 Å². The summed E-state index contributed by atoms with van der Waals surface area (Å²) in [5.74, 6) is 0.0774. The van der Waals surface area contributed by atoms with E-state index in [1.165, 1.54) is 0 Å². The molecule has 1 amide bonds. The van der Waals surface area contributed by atoms with E-state index in [1.54, 1.807) is 0 Å². The van der Waals surface area contributed by atoms with Crippen LogP contribution in [0.1, 0.15) is 31.2 Å². The van der Waals surface area contributed by atoms with Gasteiger partial charge in [-0.05, 0) is 43.4 Å². The molecular formula is C17H22ClNO3. The number of rotatable bonds is 4. The van der Waals surface area contributed by atoms with Crippen LogP contribution >= 0.6 is 11.6 Å². The molecule has 2 fully saturated rings. The number of benzene rings is 1. The van der Waals surface area contributed by atoms with E-state index in [1.807, 2.05) is 24.3 Å². The average molecular weight is 324 g/mol. The van der Waals surface area contributed by atoms with Crippen LogP contribution < -0.4 is 5.32 Å². The second-order valence-corrected chi connectivity index (χ2v) is 6.48. The highest BCUT2D eigenvalue weighted by molar-refractivity contribution is 6.30. The molecular weight excluding hydrogens is 302 g/mol. The minimum Gasteiger partial charge on any atom is -0.381 e. The van der Waals surface area contributed by atoms with Gasteiger partial charge in [-0.1, -0.05) is 23.7 Å². The maximum atomic E-state index is 12.9. The first-order chi connectivity index (χ1) is 10.7. The Morgan fingerprint density at radius 1 is 1.23 bits per heavy atom. The molecule has 2 saturated heterocycles. The van der Waals surface area contributed by atoms with E-state index in [9.17, 15) is 4.79 Å². The molecule has 0 bridgehead atoms. The summed E-state index contributed by atoms with van der Waals surface area (Å²) in [6.07, 6.45) is 3.66. The predicted molar refractivity (Wildman–Crippen MR) is 85.2 cm³/mol. The molecule has 0 saturated carbocycles. The van der Waals surface area contributed by atoms with Gasteiger partial charge in [-0.25, -0.2) is 0 Å². The normalized spacial score (nSPS) is 24.1. The van der Waals surface area contributed by atoms with Crippen molar-refractivity contribution in [2.75, 3.05) is 26.4 Å². The number of hydrogen-bond acceptors (Lipinski definition) is 3. The van der Waals surface area contributed by atoms with E-state index >= 15 is 0 Å². The minimum atomic E-state index is -0.512. The van der Waals surface area contributed by atoms with Crippen molar-refractivity contribution in [1.82, 2.24) is 5.32 Å². The number of hydrogen-bond donors (Lipinski definition) is 1. The maximum Gasteiger partial charge on any atom is 0.230 e. The van der Waals surface area contributed by atoms with Gasteiger partial charge in [0.1, 0.15) is 0 Å². The van der Waals surface area contributed by atoms with Crippen molar-refractivity contribution >= 4 is 17.5 Å². The molecule has 0 aromatic heterocycles. The molecule has 120 valence electrons. The lowest BCUT2D eigenvalue weighted by atomic mass is 9.73. The van der Waals surface area contributed by atoms with Gasteiger partial charge in [-0.2, -0.15) is 0 Å². The zero-order valence-corrected chi connectivity index (χ0v) is 13.4. The third-order valence-corrected chi connectivity index (χ3v) is 4.94. The average Bonchev–Trinajstić information content (AvgIpc) is 3.07. The highest BCUT2D eigenvalue weighted by Gasteiger charge is 2.41. The number of nitrogens with one attached hydrogen (secondary N) is 1. The molecule has 1 aromatic rings. The van der Waals surface area contributed by atoms with Gasteiger partial charge >= 0.3 is 0 Å². The highest BCUT2D eigenvalue weighted by atomic mass is 35.5. The van der Waals surface area contributed by atoms with Crippen molar-refractivity contribution in [2.24, 2.45) is 0 Å². The summed E-state index contributed by atoms with van der Waals surface area (Å²) in [6.45, 7) is 2.61. The third-order valence-electron chi connectivity index (χ3n) is 4.69. The van der Waals surface area contributed by atoms with Gasteiger partial charge in [0.2, 0.25) is 5.91 Å². The van der Waals surface area contributed by atoms with Gasteiger partial charge < -0.3 is 14.8 Å². The number of amides is 1. The summed E-state index contributed by atoms with van der Waals surface area (Å²) < 4.78 is 11.1. The van der Waals surface area contributed by atoms with Gasteiger partial charge in [0, 0.05) is 31.4 Å². The van der Waals surface area contributed by atoms with Gasteiger partial charge in [-0.3, -0.25) is 4.79 Å². The third kappa shape index (κ3) is 3.29. The minimum absolute atomic E-state index is 0.0774. The highest BCUT2D eigenvalue weighted by Crippen LogP contribution is 2.35. The van der Waals surface area contributed by atoms with Crippen molar-refractivity contribution < 1.29 is 14.3 Å². The Kier molecular flexibility index (Phi) is 5.01. The summed E-state index contributed by atoms with van der Waals surface area (Å²) in [6, 6.07) is 7.61. The molecule has 0 spiro atoms. The molecule has 1 atom stereocenters. The molecule has 0 aliphatic carbocycles. The summed E-state index contributed by atoms with van der Waals surface area (Å²) in [5, 5.41) is 3.78. The van der Waals surface area contributed by atoms with E-state index < -0.39 is 5.41 Å². The van der Waals surface area contributed by atoms with Crippen molar-refractivity contribution in [3.63, 3.8) is 0 Å². The topological polar surface area (TPSA) is 47.6 Å². The number of carbonyl (C=O) groups excluding carboxylic acids is 1. The molecule has 3 rings (SSSR count). The molecule has 1 aromatic carbocycles. The zero-order valence-electron chi connectivity index (χ0n) is 12.6. The Labute approximate surface area is 136 Å². The Morgan fingerprint density at radius 3 is 2.59 bits per heavy atom. The molecule has 2 aliphatic heterocycles. The number of ether oxygens (including phenoxy) is 2. The first kappa shape index (κ1) is 15.8. The summed E-state index contributed by atoms with van der Waals surface area (Å²) in [7, 11) is 0. The molecule has 5 heteroatoms. The first-order valence-electron chi connectivity index (χ1n) is 7.94. The van der Waals surface area contributed by atoms with E-state index in [0.717, 1.165) is 25.0 Å². The van der Waals surface area contributed by atoms with Gasteiger partial charge in [-0.15, -0.1) is 0 Å². The maximum absolute atomic E-state index is 12.9. The first-order valence-corrected chi connectivity index (χ1v) is 8.32. The molecule has 1 unspecified atom stereocenters. The van der Waals surface area contributed by atoms with Crippen LogP contribution in [0.25, 0.3) is 0 Å². The molecule has 2 aliphatic rings. The Balaban J connectivity index is 1.75. The predicted octanol–water partition coefficient (Wildman–Crippen LogP) is 2.68. The van der Waals surface area contributed by atoms with Crippen molar-refractivity contribution in [1.29, 1.82) is 0 Å². The Bertz CT molecular complexity index is 505. The smallest absolute Gasteiger partial charge is 0.230 e. The van der Waals surface area contributed by atoms with Crippen LogP contribution in [0.5, 0.6) is 0 Å². The second kappa shape index (κ2) is 6.99. The fourth-order valence-electron chi connectivity index (χ4n) is 3.32. The van der Waals surface area contributed by atoms with Crippen molar-refractivity contribution in [3.8, 4) is 0 Å². The monoisotopic (exact) mass is 323 g/mol. The zero-order chi connectivity index (χ0) is 15.4. The summed E-state index contributed by atoms with van der Waals surface area (Å²) in [5.41, 5.74) is 0.506. The lowest BCUT2D eigenvalue weighted by Gasteiger charge is -2.36. The van der Waals surface area contributed by atoms with Crippen LogP contribution in [-0.2, 0) is 19.7 Å². The van der Waals surface area contributed by atoms with E-state index in [4.69, 9.17) is 21.1 Å². The lowest BCUT2D eigenvalue weighted by molar-refractivity contribution is -0.131. The fraction of sp³-hybridized carbons (Fsp3) is 0.588. The largest absolute Gasteiger partial charge is 0.381 e. The van der Waals surface area contributed by atoms with Crippen LogP contribution in [0, 0.1) is 0 Å². The van der Waals surface area contributed by atoms with Crippen LogP contribution in [0.2, 0.25) is 5.02 Å². The Hall–Kier alpha value is -1.10. The summed E-state index contributed by atoms with van der Waals surface area (Å²) >= 11 is 5.98. The van der Waals surface area contributed by atoms with Crippen LogP contribution in [0.15, 0.2) is 24.3 Å². The molecule has 0 radical (unpaired) electrons. The molecule has 2 heterocycles. The van der Waals surface area contributed by atoms with E-state index in [0.29, 0.717) is 37.6 Å². The molecule has 4 nitrogen and oxygen atoms in total. The second-order valence-electron chi connectivity index (χ2n) is 6.05. The molecule has 22 heavy (non-hydrogen) atoms. The fourth-order valence-corrected chi connectivity index (χ4v) is 3.44. The lowest BCUT2D eigenvalue weighted by Crippen LogP contribution is -2.49. The summed E-state index contributed by atoms with van der Waals surface area (Å²) in [4.78, 5) is 12.9. The van der Waals surface area contributed by atoms with Crippen LogP contribution in [-0.4, -0.2) is 38.4 Å². The van der Waals surface area contributed by atoms with Gasteiger partial charge in [0.25, 0.3) is 0 Å². The van der Waals surface area contributed by atoms with Gasteiger partial charge in [0.05, 0.1) is 11.5 Å². The van der Waals surface area contributed by atoms with Gasteiger partial charge in [0.15, 0.2) is 0 Å². The van der Waals surface area contributed by atoms with E-state index in [2.05, 4.69) is 5.32 Å².